The van der Waals surface area contributed by atoms with Gasteiger partial charge in [-0.15, -0.1) is 0 Å². The third-order valence-electron chi connectivity index (χ3n) is 5.76. The molecule has 1 amide bonds. The zero-order valence-electron chi connectivity index (χ0n) is 14.2. The Kier molecular flexibility index (Phi) is 4.48. The Balaban J connectivity index is 1.36. The second-order valence-electron chi connectivity index (χ2n) is 7.25. The zero-order valence-corrected chi connectivity index (χ0v) is 14.2. The maximum atomic E-state index is 12.9. The summed E-state index contributed by atoms with van der Waals surface area (Å²) in [7, 11) is 0. The van der Waals surface area contributed by atoms with Crippen LogP contribution in [0.2, 0.25) is 0 Å². The SMILES string of the molecule is O=C([O-])C1C(C(=O)N2CCN(Cc3ccccc3)CC2)[C@@H]2CC[C@H]1O2. The molecule has 3 aliphatic heterocycles. The van der Waals surface area contributed by atoms with Crippen LogP contribution in [0, 0.1) is 11.8 Å². The van der Waals surface area contributed by atoms with Gasteiger partial charge in [-0.05, 0) is 18.4 Å². The third kappa shape index (κ3) is 3.16. The molecule has 1 aromatic rings. The fraction of sp³-hybridized carbons (Fsp3) is 0.579. The predicted octanol–water partition coefficient (Wildman–Crippen LogP) is -0.126. The first kappa shape index (κ1) is 16.5. The molecule has 0 spiro atoms. The van der Waals surface area contributed by atoms with Crippen molar-refractivity contribution in [3.05, 3.63) is 35.9 Å². The van der Waals surface area contributed by atoms with Crippen molar-refractivity contribution in [1.29, 1.82) is 0 Å². The monoisotopic (exact) mass is 343 g/mol. The van der Waals surface area contributed by atoms with Crippen LogP contribution in [0.1, 0.15) is 18.4 Å². The fourth-order valence-electron chi connectivity index (χ4n) is 4.47. The Morgan fingerprint density at radius 3 is 2.28 bits per heavy atom. The number of carbonyl (C=O) groups is 2. The first-order valence-electron chi connectivity index (χ1n) is 9.05. The molecule has 1 aromatic carbocycles. The Bertz CT molecular complexity index is 642. The number of hydrogen-bond acceptors (Lipinski definition) is 5. The van der Waals surface area contributed by atoms with Gasteiger partial charge in [0, 0.05) is 44.6 Å². The molecule has 3 aliphatic rings. The highest BCUT2D eigenvalue weighted by Gasteiger charge is 2.53. The molecule has 3 saturated heterocycles. The van der Waals surface area contributed by atoms with E-state index in [-0.39, 0.29) is 18.1 Å². The summed E-state index contributed by atoms with van der Waals surface area (Å²) in [5.74, 6) is -2.56. The molecule has 3 heterocycles. The molecule has 134 valence electrons. The van der Waals surface area contributed by atoms with Crippen LogP contribution in [0.4, 0.5) is 0 Å². The number of carboxylic acids is 1. The minimum Gasteiger partial charge on any atom is -0.550 e. The van der Waals surface area contributed by atoms with Gasteiger partial charge >= 0.3 is 0 Å². The van der Waals surface area contributed by atoms with Crippen LogP contribution < -0.4 is 5.11 Å². The van der Waals surface area contributed by atoms with Gasteiger partial charge in [0.05, 0.1) is 18.1 Å². The number of piperazine rings is 1. The van der Waals surface area contributed by atoms with E-state index in [1.165, 1.54) is 5.56 Å². The fourth-order valence-corrected chi connectivity index (χ4v) is 4.47. The van der Waals surface area contributed by atoms with Gasteiger partial charge in [-0.3, -0.25) is 9.69 Å². The maximum absolute atomic E-state index is 12.9. The molecule has 0 aromatic heterocycles. The lowest BCUT2D eigenvalue weighted by molar-refractivity contribution is -0.314. The minimum atomic E-state index is -1.15. The molecule has 4 atom stereocenters. The average molecular weight is 343 g/mol. The topological polar surface area (TPSA) is 72.9 Å². The number of hydrogen-bond donors (Lipinski definition) is 0. The molecule has 4 rings (SSSR count). The molecule has 3 fully saturated rings. The Labute approximate surface area is 147 Å². The second kappa shape index (κ2) is 6.77. The van der Waals surface area contributed by atoms with E-state index < -0.39 is 17.8 Å². The lowest BCUT2D eigenvalue weighted by Crippen LogP contribution is -2.54. The van der Waals surface area contributed by atoms with Crippen LogP contribution in [0.5, 0.6) is 0 Å². The van der Waals surface area contributed by atoms with Crippen molar-refractivity contribution < 1.29 is 19.4 Å². The highest BCUT2D eigenvalue weighted by molar-refractivity contribution is 5.86. The van der Waals surface area contributed by atoms with Crippen LogP contribution in [0.25, 0.3) is 0 Å². The van der Waals surface area contributed by atoms with E-state index in [1.54, 1.807) is 0 Å². The number of carboxylic acid groups (broad SMARTS) is 1. The third-order valence-corrected chi connectivity index (χ3v) is 5.76. The molecule has 0 N–H and O–H groups in total. The van der Waals surface area contributed by atoms with Crippen molar-refractivity contribution >= 4 is 11.9 Å². The van der Waals surface area contributed by atoms with Crippen LogP contribution in [-0.2, 0) is 20.9 Å². The standard InChI is InChI=1S/C19H24N2O4/c22-18(16-14-6-7-15(25-14)17(16)19(23)24)21-10-8-20(9-11-21)12-13-4-2-1-3-5-13/h1-5,14-17H,6-12H2,(H,23,24)/p-1/t14-,15+,16?,17?/m0/s1. The Morgan fingerprint density at radius 2 is 1.64 bits per heavy atom. The molecule has 2 unspecified atom stereocenters. The van der Waals surface area contributed by atoms with E-state index in [4.69, 9.17) is 4.74 Å². The molecule has 0 radical (unpaired) electrons. The summed E-state index contributed by atoms with van der Waals surface area (Å²) in [6.45, 7) is 3.76. The van der Waals surface area contributed by atoms with Crippen molar-refractivity contribution in [3.8, 4) is 0 Å². The van der Waals surface area contributed by atoms with Gasteiger partial charge in [-0.25, -0.2) is 0 Å². The van der Waals surface area contributed by atoms with Gasteiger partial charge < -0.3 is 19.5 Å². The van der Waals surface area contributed by atoms with Gasteiger partial charge in [0.15, 0.2) is 0 Å². The van der Waals surface area contributed by atoms with Crippen molar-refractivity contribution in [3.63, 3.8) is 0 Å². The number of carbonyl (C=O) groups excluding carboxylic acids is 2. The summed E-state index contributed by atoms with van der Waals surface area (Å²) in [6, 6.07) is 10.3. The van der Waals surface area contributed by atoms with E-state index in [2.05, 4.69) is 17.0 Å². The van der Waals surface area contributed by atoms with E-state index in [9.17, 15) is 14.7 Å². The summed E-state index contributed by atoms with van der Waals surface area (Å²) < 4.78 is 5.69. The molecule has 25 heavy (non-hydrogen) atoms. The number of nitrogens with zero attached hydrogens (tertiary/aromatic N) is 2. The van der Waals surface area contributed by atoms with E-state index in [1.807, 2.05) is 23.1 Å². The van der Waals surface area contributed by atoms with Crippen LogP contribution in [-0.4, -0.2) is 60.1 Å². The maximum Gasteiger partial charge on any atom is 0.229 e. The molecule has 6 nitrogen and oxygen atoms in total. The Hall–Kier alpha value is -1.92. The second-order valence-corrected chi connectivity index (χ2v) is 7.25. The van der Waals surface area contributed by atoms with Gasteiger partial charge in [0.25, 0.3) is 0 Å². The van der Waals surface area contributed by atoms with Gasteiger partial charge in [0.1, 0.15) is 0 Å². The van der Waals surface area contributed by atoms with Crippen molar-refractivity contribution in [1.82, 2.24) is 9.80 Å². The summed E-state index contributed by atoms with van der Waals surface area (Å²) in [6.07, 6.45) is 0.905. The number of aliphatic carboxylic acids is 1. The summed E-state index contributed by atoms with van der Waals surface area (Å²) >= 11 is 0. The predicted molar refractivity (Wildman–Crippen MR) is 88.2 cm³/mol. The number of rotatable bonds is 4. The normalized spacial score (nSPS) is 32.1. The molecule has 6 heteroatoms. The van der Waals surface area contributed by atoms with Crippen LogP contribution >= 0.6 is 0 Å². The first-order chi connectivity index (χ1) is 12.1. The lowest BCUT2D eigenvalue weighted by Gasteiger charge is -2.38. The highest BCUT2D eigenvalue weighted by atomic mass is 16.5. The molecular weight excluding hydrogens is 320 g/mol. The van der Waals surface area contributed by atoms with E-state index in [0.29, 0.717) is 13.1 Å². The van der Waals surface area contributed by atoms with Crippen molar-refractivity contribution in [2.45, 2.75) is 31.6 Å². The summed E-state index contributed by atoms with van der Waals surface area (Å²) in [4.78, 5) is 28.5. The summed E-state index contributed by atoms with van der Waals surface area (Å²) in [5, 5.41) is 11.5. The lowest BCUT2D eigenvalue weighted by atomic mass is 9.78. The van der Waals surface area contributed by atoms with Gasteiger partial charge in [0.2, 0.25) is 5.91 Å². The number of amides is 1. The molecule has 0 aliphatic carbocycles. The first-order valence-corrected chi connectivity index (χ1v) is 9.05. The molecule has 0 saturated carbocycles. The smallest absolute Gasteiger partial charge is 0.229 e. The van der Waals surface area contributed by atoms with Crippen LogP contribution in [0.3, 0.4) is 0 Å². The number of fused-ring (bicyclic) bond motifs is 2. The molecule has 2 bridgehead atoms. The largest absolute Gasteiger partial charge is 0.550 e. The summed E-state index contributed by atoms with van der Waals surface area (Å²) in [5.41, 5.74) is 1.26. The highest BCUT2D eigenvalue weighted by Crippen LogP contribution is 2.44. The minimum absolute atomic E-state index is 0.0687. The number of benzene rings is 1. The van der Waals surface area contributed by atoms with Crippen molar-refractivity contribution in [2.24, 2.45) is 11.8 Å². The van der Waals surface area contributed by atoms with Gasteiger partial charge in [-0.2, -0.15) is 0 Å². The Morgan fingerprint density at radius 1 is 1.00 bits per heavy atom. The molecular formula is C19H23N2O4-. The van der Waals surface area contributed by atoms with E-state index in [0.717, 1.165) is 32.5 Å². The van der Waals surface area contributed by atoms with Crippen LogP contribution in [0.15, 0.2) is 30.3 Å². The van der Waals surface area contributed by atoms with E-state index >= 15 is 0 Å². The quantitative estimate of drug-likeness (QED) is 0.762. The van der Waals surface area contributed by atoms with Gasteiger partial charge in [-0.1, -0.05) is 30.3 Å². The number of ether oxygens (including phenoxy) is 1. The zero-order chi connectivity index (χ0) is 17.4. The van der Waals surface area contributed by atoms with Crippen molar-refractivity contribution in [2.75, 3.05) is 26.2 Å². The average Bonchev–Trinajstić information content (AvgIpc) is 3.24.